The Hall–Kier alpha value is -1.75. The lowest BCUT2D eigenvalue weighted by Gasteiger charge is -2.31. The molecule has 1 heterocycles. The predicted octanol–water partition coefficient (Wildman–Crippen LogP) is 3.24. The van der Waals surface area contributed by atoms with Crippen LogP contribution in [0.25, 0.3) is 0 Å². The SMILES string of the molecule is Cc1cc(F)ncc1C(=O)N(C)CC[C@@]1(O)CC/C=C/CCC1. The molecule has 0 fully saturated rings. The maximum absolute atomic E-state index is 13.1. The van der Waals surface area contributed by atoms with E-state index < -0.39 is 11.5 Å². The molecule has 1 aliphatic carbocycles. The van der Waals surface area contributed by atoms with Gasteiger partial charge in [0.2, 0.25) is 5.95 Å². The second kappa shape index (κ2) is 7.68. The van der Waals surface area contributed by atoms with Crippen LogP contribution in [-0.4, -0.2) is 40.1 Å². The van der Waals surface area contributed by atoms with Crippen molar-refractivity contribution < 1.29 is 14.3 Å². The van der Waals surface area contributed by atoms with Crippen LogP contribution in [-0.2, 0) is 0 Å². The fourth-order valence-corrected chi connectivity index (χ4v) is 2.94. The van der Waals surface area contributed by atoms with Gasteiger partial charge in [0, 0.05) is 19.8 Å². The molecule has 0 bridgehead atoms. The van der Waals surface area contributed by atoms with Gasteiger partial charge in [-0.25, -0.2) is 4.98 Å². The maximum atomic E-state index is 13.1. The van der Waals surface area contributed by atoms with Crippen LogP contribution in [0.1, 0.15) is 54.4 Å². The van der Waals surface area contributed by atoms with Gasteiger partial charge in [-0.2, -0.15) is 4.39 Å². The normalized spacial score (nSPS) is 23.0. The first kappa shape index (κ1) is 17.6. The van der Waals surface area contributed by atoms with Gasteiger partial charge in [-0.15, -0.1) is 0 Å². The van der Waals surface area contributed by atoms with E-state index in [1.165, 1.54) is 12.3 Å². The Morgan fingerprint density at radius 2 is 2.13 bits per heavy atom. The largest absolute Gasteiger partial charge is 0.390 e. The molecule has 126 valence electrons. The molecule has 4 nitrogen and oxygen atoms in total. The van der Waals surface area contributed by atoms with Crippen molar-refractivity contribution in [3.8, 4) is 0 Å². The van der Waals surface area contributed by atoms with Crippen LogP contribution in [0.4, 0.5) is 4.39 Å². The quantitative estimate of drug-likeness (QED) is 0.684. The number of halogens is 1. The lowest BCUT2D eigenvalue weighted by molar-refractivity contribution is 0.00622. The van der Waals surface area contributed by atoms with Crippen molar-refractivity contribution in [3.05, 3.63) is 41.5 Å². The van der Waals surface area contributed by atoms with Crippen molar-refractivity contribution in [1.29, 1.82) is 0 Å². The van der Waals surface area contributed by atoms with Crippen LogP contribution < -0.4 is 0 Å². The summed E-state index contributed by atoms with van der Waals surface area (Å²) in [6.07, 6.45) is 10.4. The van der Waals surface area contributed by atoms with Gasteiger partial charge >= 0.3 is 0 Å². The molecule has 2 rings (SSSR count). The molecule has 1 aromatic heterocycles. The van der Waals surface area contributed by atoms with E-state index in [4.69, 9.17) is 0 Å². The number of aryl methyl sites for hydroxylation is 1. The van der Waals surface area contributed by atoms with Gasteiger partial charge in [-0.05, 0) is 57.1 Å². The Bertz CT molecular complexity index is 588. The molecule has 1 aliphatic rings. The first-order chi connectivity index (χ1) is 10.9. The topological polar surface area (TPSA) is 53.4 Å². The molecular weight excluding hydrogens is 295 g/mol. The van der Waals surface area contributed by atoms with Crippen LogP contribution in [0.15, 0.2) is 24.4 Å². The second-order valence-corrected chi connectivity index (χ2v) is 6.43. The van der Waals surface area contributed by atoms with Gasteiger partial charge < -0.3 is 10.0 Å². The number of amides is 1. The monoisotopic (exact) mass is 320 g/mol. The summed E-state index contributed by atoms with van der Waals surface area (Å²) >= 11 is 0. The van der Waals surface area contributed by atoms with Gasteiger partial charge in [0.15, 0.2) is 0 Å². The van der Waals surface area contributed by atoms with Crippen molar-refractivity contribution in [3.63, 3.8) is 0 Å². The number of allylic oxidation sites excluding steroid dienone is 2. The molecule has 0 saturated heterocycles. The maximum Gasteiger partial charge on any atom is 0.255 e. The van der Waals surface area contributed by atoms with Gasteiger partial charge in [0.1, 0.15) is 0 Å². The minimum absolute atomic E-state index is 0.190. The van der Waals surface area contributed by atoms with E-state index in [-0.39, 0.29) is 5.91 Å². The number of pyridine rings is 1. The van der Waals surface area contributed by atoms with E-state index >= 15 is 0 Å². The highest BCUT2D eigenvalue weighted by Crippen LogP contribution is 2.27. The summed E-state index contributed by atoms with van der Waals surface area (Å²) in [5, 5.41) is 10.7. The Morgan fingerprint density at radius 1 is 1.39 bits per heavy atom. The zero-order valence-electron chi connectivity index (χ0n) is 13.9. The first-order valence-corrected chi connectivity index (χ1v) is 8.16. The number of hydrogen-bond acceptors (Lipinski definition) is 3. The lowest BCUT2D eigenvalue weighted by atomic mass is 9.86. The van der Waals surface area contributed by atoms with Gasteiger partial charge in [0.25, 0.3) is 5.91 Å². The number of aliphatic hydroxyl groups is 1. The summed E-state index contributed by atoms with van der Waals surface area (Å²) in [6, 6.07) is 1.26. The number of hydrogen-bond donors (Lipinski definition) is 1. The van der Waals surface area contributed by atoms with Crippen molar-refractivity contribution in [1.82, 2.24) is 9.88 Å². The molecule has 1 N–H and O–H groups in total. The average molecular weight is 320 g/mol. The number of carbonyl (C=O) groups is 1. The van der Waals surface area contributed by atoms with Gasteiger partial charge in [-0.1, -0.05) is 12.2 Å². The highest BCUT2D eigenvalue weighted by Gasteiger charge is 2.27. The van der Waals surface area contributed by atoms with Crippen molar-refractivity contribution in [2.45, 2.75) is 51.0 Å². The van der Waals surface area contributed by atoms with Crippen LogP contribution >= 0.6 is 0 Å². The third kappa shape index (κ3) is 4.86. The molecule has 1 amide bonds. The molecule has 0 radical (unpaired) electrons. The average Bonchev–Trinajstić information content (AvgIpc) is 2.48. The fraction of sp³-hybridized carbons (Fsp3) is 0.556. The Balaban J connectivity index is 1.96. The van der Waals surface area contributed by atoms with E-state index in [1.807, 2.05) is 0 Å². The van der Waals surface area contributed by atoms with Crippen molar-refractivity contribution >= 4 is 5.91 Å². The molecule has 23 heavy (non-hydrogen) atoms. The summed E-state index contributed by atoms with van der Waals surface area (Å²) in [4.78, 5) is 17.6. The highest BCUT2D eigenvalue weighted by atomic mass is 19.1. The van der Waals surface area contributed by atoms with E-state index in [0.29, 0.717) is 24.1 Å². The zero-order valence-corrected chi connectivity index (χ0v) is 13.9. The fourth-order valence-electron chi connectivity index (χ4n) is 2.94. The second-order valence-electron chi connectivity index (χ2n) is 6.43. The van der Waals surface area contributed by atoms with Gasteiger partial charge in [-0.3, -0.25) is 4.79 Å². The summed E-state index contributed by atoms with van der Waals surface area (Å²) in [5.41, 5.74) is 0.265. The van der Waals surface area contributed by atoms with Gasteiger partial charge in [0.05, 0.1) is 11.2 Å². The summed E-state index contributed by atoms with van der Waals surface area (Å²) < 4.78 is 13.1. The standard InChI is InChI=1S/C18H25FN2O2/c1-14-12-16(19)20-13-15(14)17(22)21(2)11-10-18(23)8-6-4-3-5-7-9-18/h3-4,12-13,23H,5-11H2,1-2H3/b4-3+/t18-/m1/s1. The number of rotatable bonds is 4. The smallest absolute Gasteiger partial charge is 0.255 e. The third-order valence-electron chi connectivity index (χ3n) is 4.52. The molecule has 0 aromatic carbocycles. The van der Waals surface area contributed by atoms with E-state index in [9.17, 15) is 14.3 Å². The minimum atomic E-state index is -0.713. The molecular formula is C18H25FN2O2. The zero-order chi connectivity index (χ0) is 16.9. The van der Waals surface area contributed by atoms with E-state index in [2.05, 4.69) is 17.1 Å². The van der Waals surface area contributed by atoms with Crippen molar-refractivity contribution in [2.24, 2.45) is 0 Å². The Labute approximate surface area is 137 Å². The number of carbonyl (C=O) groups excluding carboxylic acids is 1. The highest BCUT2D eigenvalue weighted by molar-refractivity contribution is 5.95. The molecule has 0 spiro atoms. The van der Waals surface area contributed by atoms with E-state index in [1.54, 1.807) is 18.9 Å². The molecule has 0 saturated carbocycles. The Morgan fingerprint density at radius 3 is 2.87 bits per heavy atom. The number of nitrogens with zero attached hydrogens (tertiary/aromatic N) is 2. The van der Waals surface area contributed by atoms with Crippen LogP contribution in [0, 0.1) is 12.9 Å². The van der Waals surface area contributed by atoms with Crippen LogP contribution in [0.5, 0.6) is 0 Å². The minimum Gasteiger partial charge on any atom is -0.390 e. The summed E-state index contributed by atoms with van der Waals surface area (Å²) in [6.45, 7) is 2.16. The molecule has 1 atom stereocenters. The molecule has 0 unspecified atom stereocenters. The molecule has 1 aromatic rings. The predicted molar refractivity (Wildman–Crippen MR) is 87.7 cm³/mol. The van der Waals surface area contributed by atoms with Crippen LogP contribution in [0.3, 0.4) is 0 Å². The summed E-state index contributed by atoms with van der Waals surface area (Å²) in [7, 11) is 1.71. The van der Waals surface area contributed by atoms with Crippen LogP contribution in [0.2, 0.25) is 0 Å². The van der Waals surface area contributed by atoms with Crippen molar-refractivity contribution in [2.75, 3.05) is 13.6 Å². The molecule has 5 heteroatoms. The first-order valence-electron chi connectivity index (χ1n) is 8.16. The third-order valence-corrected chi connectivity index (χ3v) is 4.52. The lowest BCUT2D eigenvalue weighted by Crippen LogP contribution is -2.36. The molecule has 0 aliphatic heterocycles. The van der Waals surface area contributed by atoms with E-state index in [0.717, 1.165) is 32.1 Å². The number of aromatic nitrogens is 1. The Kier molecular flexibility index (Phi) is 5.88. The summed E-state index contributed by atoms with van der Waals surface area (Å²) in [5.74, 6) is -0.775.